The molecule has 0 unspecified atom stereocenters. The fraction of sp³-hybridized carbons (Fsp3) is 0.333. The lowest BCUT2D eigenvalue weighted by Crippen LogP contribution is -2.04. The van der Waals surface area contributed by atoms with Crippen LogP contribution in [0.15, 0.2) is 6.20 Å². The number of aromatic hydroxyl groups is 1. The highest BCUT2D eigenvalue weighted by Gasteiger charge is 2.04. The van der Waals surface area contributed by atoms with Crippen LogP contribution < -0.4 is 5.48 Å². The van der Waals surface area contributed by atoms with Crippen LogP contribution in [0.25, 0.3) is 0 Å². The average Bonchev–Trinajstić information content (AvgIpc) is 2.07. The summed E-state index contributed by atoms with van der Waals surface area (Å²) in [5.74, 6) is -0.856. The summed E-state index contributed by atoms with van der Waals surface area (Å²) in [6.07, 6.45) is 0.851. The smallest absolute Gasteiger partial charge is 0.316 e. The molecule has 0 saturated heterocycles. The topological polar surface area (TPSA) is 67.3 Å². The summed E-state index contributed by atoms with van der Waals surface area (Å²) < 4.78 is 12.7. The molecule has 1 aromatic rings. The van der Waals surface area contributed by atoms with Crippen LogP contribution in [0.2, 0.25) is 0 Å². The van der Waals surface area contributed by atoms with Gasteiger partial charge >= 0.3 is 6.01 Å². The normalized spacial score (nSPS) is 9.83. The Morgan fingerprint density at radius 2 is 2.50 bits per heavy atom. The molecule has 0 aromatic carbocycles. The van der Waals surface area contributed by atoms with Gasteiger partial charge in [-0.2, -0.15) is 4.98 Å². The summed E-state index contributed by atoms with van der Waals surface area (Å²) in [5, 5.41) is 8.75. The minimum Gasteiger partial charge on any atom is -0.479 e. The van der Waals surface area contributed by atoms with Gasteiger partial charge in [0.15, 0.2) is 11.6 Å². The number of rotatable bonds is 3. The number of hydrogen-bond donors (Lipinski definition) is 2. The number of aromatic nitrogens is 2. The first kappa shape index (κ1) is 8.66. The fourth-order valence-electron chi connectivity index (χ4n) is 0.570. The van der Waals surface area contributed by atoms with Gasteiger partial charge in [-0.1, -0.05) is 0 Å². The zero-order chi connectivity index (χ0) is 8.97. The molecule has 0 aliphatic carbocycles. The molecule has 66 valence electrons. The first-order valence-electron chi connectivity index (χ1n) is 3.33. The van der Waals surface area contributed by atoms with Crippen LogP contribution >= 0.6 is 0 Å². The third kappa shape index (κ3) is 2.03. The van der Waals surface area contributed by atoms with Crippen molar-refractivity contribution in [1.82, 2.24) is 9.97 Å². The molecule has 6 heteroatoms. The molecule has 12 heavy (non-hydrogen) atoms. The van der Waals surface area contributed by atoms with Crippen molar-refractivity contribution in [3.05, 3.63) is 12.0 Å². The molecule has 1 rings (SSSR count). The van der Waals surface area contributed by atoms with E-state index in [1.165, 1.54) is 0 Å². The molecule has 0 atom stereocenters. The molecular weight excluding hydrogens is 165 g/mol. The maximum absolute atomic E-state index is 12.7. The van der Waals surface area contributed by atoms with E-state index in [1.807, 2.05) is 0 Å². The molecule has 0 bridgehead atoms. The second-order valence-corrected chi connectivity index (χ2v) is 1.90. The van der Waals surface area contributed by atoms with Crippen molar-refractivity contribution < 1.29 is 14.3 Å². The highest BCUT2D eigenvalue weighted by atomic mass is 19.1. The van der Waals surface area contributed by atoms with Gasteiger partial charge in [-0.05, 0) is 6.92 Å². The van der Waals surface area contributed by atoms with E-state index in [2.05, 4.69) is 20.3 Å². The Kier molecular flexibility index (Phi) is 2.76. The van der Waals surface area contributed by atoms with Crippen molar-refractivity contribution in [3.63, 3.8) is 0 Å². The van der Waals surface area contributed by atoms with Crippen molar-refractivity contribution in [2.75, 3.05) is 12.1 Å². The zero-order valence-corrected chi connectivity index (χ0v) is 6.41. The average molecular weight is 173 g/mol. The molecule has 0 amide bonds. The second-order valence-electron chi connectivity index (χ2n) is 1.90. The molecule has 0 radical (unpaired) electrons. The van der Waals surface area contributed by atoms with Crippen LogP contribution in [-0.4, -0.2) is 21.7 Å². The van der Waals surface area contributed by atoms with Crippen LogP contribution in [-0.2, 0) is 4.84 Å². The third-order valence-electron chi connectivity index (χ3n) is 1.04. The number of nitrogens with zero attached hydrogens (tertiary/aromatic N) is 2. The Morgan fingerprint density at radius 3 is 3.17 bits per heavy atom. The lowest BCUT2D eigenvalue weighted by atomic mass is 10.6. The van der Waals surface area contributed by atoms with Gasteiger partial charge in [0.25, 0.3) is 0 Å². The van der Waals surface area contributed by atoms with Gasteiger partial charge in [-0.25, -0.2) is 14.9 Å². The Labute approximate surface area is 68.2 Å². The third-order valence-corrected chi connectivity index (χ3v) is 1.04. The van der Waals surface area contributed by atoms with Gasteiger partial charge in [0.1, 0.15) is 0 Å². The lowest BCUT2D eigenvalue weighted by Gasteiger charge is -2.03. The van der Waals surface area contributed by atoms with Gasteiger partial charge in [0.05, 0.1) is 12.8 Å². The van der Waals surface area contributed by atoms with E-state index in [4.69, 9.17) is 5.11 Å². The predicted molar refractivity (Wildman–Crippen MR) is 38.9 cm³/mol. The molecular formula is C6H8FN3O2. The zero-order valence-electron chi connectivity index (χ0n) is 6.41. The van der Waals surface area contributed by atoms with E-state index >= 15 is 0 Å². The summed E-state index contributed by atoms with van der Waals surface area (Å²) in [5.41, 5.74) is 2.22. The van der Waals surface area contributed by atoms with Gasteiger partial charge in [0, 0.05) is 0 Å². The molecule has 0 fully saturated rings. The van der Waals surface area contributed by atoms with Crippen molar-refractivity contribution >= 4 is 5.82 Å². The summed E-state index contributed by atoms with van der Waals surface area (Å²) in [4.78, 5) is 11.2. The van der Waals surface area contributed by atoms with Gasteiger partial charge in [-0.3, -0.25) is 4.84 Å². The van der Waals surface area contributed by atoms with Crippen LogP contribution in [0.1, 0.15) is 6.92 Å². The number of anilines is 1. The second kappa shape index (κ2) is 3.82. The van der Waals surface area contributed by atoms with E-state index in [0.29, 0.717) is 6.61 Å². The first-order chi connectivity index (χ1) is 5.74. The van der Waals surface area contributed by atoms with Crippen molar-refractivity contribution in [1.29, 1.82) is 0 Å². The molecule has 0 aliphatic rings. The summed E-state index contributed by atoms with van der Waals surface area (Å²) in [7, 11) is 0. The van der Waals surface area contributed by atoms with E-state index < -0.39 is 11.8 Å². The van der Waals surface area contributed by atoms with Crippen LogP contribution in [0.5, 0.6) is 6.01 Å². The van der Waals surface area contributed by atoms with Crippen molar-refractivity contribution in [3.8, 4) is 6.01 Å². The summed E-state index contributed by atoms with van der Waals surface area (Å²) >= 11 is 0. The maximum Gasteiger partial charge on any atom is 0.316 e. The molecule has 0 aliphatic heterocycles. The van der Waals surface area contributed by atoms with Crippen LogP contribution in [0.4, 0.5) is 10.2 Å². The summed E-state index contributed by atoms with van der Waals surface area (Å²) in [6, 6.07) is -0.501. The van der Waals surface area contributed by atoms with Crippen molar-refractivity contribution in [2.24, 2.45) is 0 Å². The van der Waals surface area contributed by atoms with Crippen molar-refractivity contribution in [2.45, 2.75) is 6.92 Å². The van der Waals surface area contributed by atoms with Gasteiger partial charge in [-0.15, -0.1) is 0 Å². The van der Waals surface area contributed by atoms with Crippen LogP contribution in [0.3, 0.4) is 0 Å². The van der Waals surface area contributed by atoms with E-state index in [0.717, 1.165) is 6.20 Å². The minimum absolute atomic E-state index is 0.177. The number of nitrogens with one attached hydrogen (secondary N) is 1. The standard InChI is InChI=1S/C6H8FN3O2/c1-2-12-10-5-4(7)3-8-6(11)9-5/h3H,2H2,1H3,(H2,8,9,10,11). The number of halogens is 1. The molecule has 2 N–H and O–H groups in total. The molecule has 0 saturated carbocycles. The Morgan fingerprint density at radius 1 is 1.75 bits per heavy atom. The quantitative estimate of drug-likeness (QED) is 0.658. The number of hydrogen-bond acceptors (Lipinski definition) is 5. The molecule has 5 nitrogen and oxygen atoms in total. The lowest BCUT2D eigenvalue weighted by molar-refractivity contribution is 0.206. The Balaban J connectivity index is 2.75. The van der Waals surface area contributed by atoms with E-state index in [9.17, 15) is 4.39 Å². The SMILES string of the molecule is CCONc1nc(O)ncc1F. The first-order valence-corrected chi connectivity index (χ1v) is 3.33. The van der Waals surface area contributed by atoms with E-state index in [1.54, 1.807) is 6.92 Å². The molecule has 0 spiro atoms. The fourth-order valence-corrected chi connectivity index (χ4v) is 0.570. The van der Waals surface area contributed by atoms with Gasteiger partial charge < -0.3 is 5.11 Å². The summed E-state index contributed by atoms with van der Waals surface area (Å²) in [6.45, 7) is 2.09. The van der Waals surface area contributed by atoms with E-state index in [-0.39, 0.29) is 5.82 Å². The minimum atomic E-state index is -0.679. The highest BCUT2D eigenvalue weighted by Crippen LogP contribution is 2.11. The highest BCUT2D eigenvalue weighted by molar-refractivity contribution is 5.32. The monoisotopic (exact) mass is 173 g/mol. The van der Waals surface area contributed by atoms with Gasteiger partial charge in [0.2, 0.25) is 0 Å². The van der Waals surface area contributed by atoms with Crippen LogP contribution in [0, 0.1) is 5.82 Å². The predicted octanol–water partition coefficient (Wildman–Crippen LogP) is 0.685. The Hall–Kier alpha value is -1.43. The largest absolute Gasteiger partial charge is 0.479 e. The molecule has 1 heterocycles. The Bertz CT molecular complexity index is 269. The maximum atomic E-state index is 12.7. The molecule has 1 aromatic heterocycles.